The van der Waals surface area contributed by atoms with E-state index in [1.54, 1.807) is 19.4 Å². The molecule has 0 saturated heterocycles. The van der Waals surface area contributed by atoms with Gasteiger partial charge in [0, 0.05) is 33.6 Å². The molecule has 1 aromatic rings. The van der Waals surface area contributed by atoms with Crippen molar-refractivity contribution in [3.8, 4) is 0 Å². The number of nitrogens with one attached hydrogen (secondary N) is 2. The minimum atomic E-state index is 0.0210. The van der Waals surface area contributed by atoms with Gasteiger partial charge in [-0.05, 0) is 6.92 Å². The molecule has 94 valence electrons. The van der Waals surface area contributed by atoms with E-state index in [4.69, 9.17) is 0 Å². The van der Waals surface area contributed by atoms with Crippen LogP contribution < -0.4 is 15.5 Å². The second-order valence-corrected chi connectivity index (χ2v) is 3.64. The first-order chi connectivity index (χ1) is 8.17. The first-order valence-electron chi connectivity index (χ1n) is 5.65. The first kappa shape index (κ1) is 13.2. The minimum absolute atomic E-state index is 0.0210. The lowest BCUT2D eigenvalue weighted by molar-refractivity contribution is -0.120. The second-order valence-electron chi connectivity index (χ2n) is 3.64. The number of hydrogen-bond donors (Lipinski definition) is 2. The molecule has 0 aliphatic carbocycles. The van der Waals surface area contributed by atoms with Crippen LogP contribution in [0.25, 0.3) is 0 Å². The lowest BCUT2D eigenvalue weighted by Gasteiger charge is -2.17. The highest BCUT2D eigenvalue weighted by atomic mass is 16.1. The van der Waals surface area contributed by atoms with Gasteiger partial charge < -0.3 is 15.5 Å². The summed E-state index contributed by atoms with van der Waals surface area (Å²) in [5, 5.41) is 5.69. The Balaban J connectivity index is 2.58. The summed E-state index contributed by atoms with van der Waals surface area (Å²) < 4.78 is 0. The third-order valence-corrected chi connectivity index (χ3v) is 2.32. The predicted molar refractivity (Wildman–Crippen MR) is 68.1 cm³/mol. The molecule has 0 unspecified atom stereocenters. The topological polar surface area (TPSA) is 70.2 Å². The number of nitrogens with zero attached hydrogens (tertiary/aromatic N) is 3. The molecule has 0 atom stereocenters. The largest absolute Gasteiger partial charge is 0.369 e. The van der Waals surface area contributed by atoms with Gasteiger partial charge in [0.2, 0.25) is 5.91 Å². The minimum Gasteiger partial charge on any atom is -0.369 e. The van der Waals surface area contributed by atoms with Gasteiger partial charge in [0.1, 0.15) is 11.6 Å². The maximum absolute atomic E-state index is 11.1. The van der Waals surface area contributed by atoms with E-state index >= 15 is 0 Å². The van der Waals surface area contributed by atoms with Gasteiger partial charge >= 0.3 is 0 Å². The van der Waals surface area contributed by atoms with Crippen LogP contribution in [-0.2, 0) is 4.79 Å². The smallest absolute Gasteiger partial charge is 0.221 e. The van der Waals surface area contributed by atoms with E-state index in [-0.39, 0.29) is 5.91 Å². The van der Waals surface area contributed by atoms with Crippen LogP contribution in [0.5, 0.6) is 0 Å². The lowest BCUT2D eigenvalue weighted by atomic mass is 10.3. The molecule has 0 spiro atoms. The highest BCUT2D eigenvalue weighted by Crippen LogP contribution is 2.10. The summed E-state index contributed by atoms with van der Waals surface area (Å²) in [7, 11) is 3.52. The molecule has 0 radical (unpaired) electrons. The molecule has 6 nitrogen and oxygen atoms in total. The Morgan fingerprint density at radius 3 is 2.88 bits per heavy atom. The predicted octanol–water partition coefficient (Wildman–Crippen LogP) is 0.481. The van der Waals surface area contributed by atoms with Gasteiger partial charge in [-0.2, -0.15) is 0 Å². The summed E-state index contributed by atoms with van der Waals surface area (Å²) >= 11 is 0. The molecule has 1 amide bonds. The Labute approximate surface area is 101 Å². The quantitative estimate of drug-likeness (QED) is 0.753. The van der Waals surface area contributed by atoms with Gasteiger partial charge in [0.15, 0.2) is 0 Å². The number of aromatic nitrogens is 2. The maximum atomic E-state index is 11.1. The van der Waals surface area contributed by atoms with Crippen molar-refractivity contribution < 1.29 is 4.79 Å². The van der Waals surface area contributed by atoms with Crippen LogP contribution in [-0.4, -0.2) is 43.1 Å². The molecule has 0 aromatic carbocycles. The molecule has 1 rings (SSSR count). The van der Waals surface area contributed by atoms with Crippen LogP contribution >= 0.6 is 0 Å². The van der Waals surface area contributed by atoms with Gasteiger partial charge in [0.25, 0.3) is 0 Å². The fraction of sp³-hybridized carbons (Fsp3) is 0.545. The molecule has 0 aliphatic heterocycles. The van der Waals surface area contributed by atoms with Crippen molar-refractivity contribution in [2.45, 2.75) is 13.3 Å². The summed E-state index contributed by atoms with van der Waals surface area (Å²) in [6.45, 7) is 3.42. The molecular formula is C11H19N5O. The Bertz CT molecular complexity index is 369. The maximum Gasteiger partial charge on any atom is 0.221 e. The normalized spacial score (nSPS) is 9.82. The fourth-order valence-electron chi connectivity index (χ4n) is 1.31. The SMILES string of the molecule is CCNc1cncc(N(C)CCC(=O)NC)n1. The molecule has 1 aromatic heterocycles. The Morgan fingerprint density at radius 1 is 1.47 bits per heavy atom. The second kappa shape index (κ2) is 6.67. The Morgan fingerprint density at radius 2 is 2.24 bits per heavy atom. The zero-order chi connectivity index (χ0) is 12.7. The average Bonchev–Trinajstić information content (AvgIpc) is 2.36. The highest BCUT2D eigenvalue weighted by molar-refractivity contribution is 5.76. The van der Waals surface area contributed by atoms with Crippen LogP contribution in [0, 0.1) is 0 Å². The third kappa shape index (κ3) is 4.26. The molecular weight excluding hydrogens is 218 g/mol. The molecule has 1 heterocycles. The Kier molecular flexibility index (Phi) is 5.19. The standard InChI is InChI=1S/C11H19N5O/c1-4-14-9-7-13-8-10(15-9)16(3)6-5-11(17)12-2/h7-8H,4-6H2,1-3H3,(H,12,17)(H,14,15). The van der Waals surface area contributed by atoms with Crippen molar-refractivity contribution in [1.29, 1.82) is 0 Å². The number of carbonyl (C=O) groups excluding carboxylic acids is 1. The molecule has 2 N–H and O–H groups in total. The molecule has 0 aliphatic rings. The molecule has 0 bridgehead atoms. The van der Waals surface area contributed by atoms with Gasteiger partial charge in [-0.1, -0.05) is 0 Å². The van der Waals surface area contributed by atoms with Crippen molar-refractivity contribution in [2.75, 3.05) is 37.4 Å². The van der Waals surface area contributed by atoms with E-state index in [1.807, 2.05) is 18.9 Å². The monoisotopic (exact) mass is 237 g/mol. The summed E-state index contributed by atoms with van der Waals surface area (Å²) in [6, 6.07) is 0. The summed E-state index contributed by atoms with van der Waals surface area (Å²) in [5.74, 6) is 1.52. The average molecular weight is 237 g/mol. The zero-order valence-corrected chi connectivity index (χ0v) is 10.5. The summed E-state index contributed by atoms with van der Waals surface area (Å²) in [6.07, 6.45) is 3.81. The number of carbonyl (C=O) groups is 1. The van der Waals surface area contributed by atoms with Crippen LogP contribution in [0.3, 0.4) is 0 Å². The third-order valence-electron chi connectivity index (χ3n) is 2.32. The number of anilines is 2. The summed E-state index contributed by atoms with van der Waals surface area (Å²) in [5.41, 5.74) is 0. The molecule has 17 heavy (non-hydrogen) atoms. The van der Waals surface area contributed by atoms with Crippen molar-refractivity contribution >= 4 is 17.5 Å². The van der Waals surface area contributed by atoms with Crippen LogP contribution in [0.1, 0.15) is 13.3 Å². The van der Waals surface area contributed by atoms with E-state index in [0.717, 1.165) is 18.2 Å². The number of hydrogen-bond acceptors (Lipinski definition) is 5. The van der Waals surface area contributed by atoms with Crippen LogP contribution in [0.15, 0.2) is 12.4 Å². The van der Waals surface area contributed by atoms with Crippen LogP contribution in [0.4, 0.5) is 11.6 Å². The zero-order valence-electron chi connectivity index (χ0n) is 10.5. The van der Waals surface area contributed by atoms with Crippen molar-refractivity contribution in [1.82, 2.24) is 15.3 Å². The van der Waals surface area contributed by atoms with Gasteiger partial charge in [0.05, 0.1) is 12.4 Å². The number of rotatable bonds is 6. The van der Waals surface area contributed by atoms with Crippen molar-refractivity contribution in [3.63, 3.8) is 0 Å². The summed E-state index contributed by atoms with van der Waals surface area (Å²) in [4.78, 5) is 21.5. The van der Waals surface area contributed by atoms with E-state index in [2.05, 4.69) is 20.6 Å². The van der Waals surface area contributed by atoms with Crippen LogP contribution in [0.2, 0.25) is 0 Å². The van der Waals surface area contributed by atoms with E-state index in [1.165, 1.54) is 0 Å². The lowest BCUT2D eigenvalue weighted by Crippen LogP contribution is -2.27. The highest BCUT2D eigenvalue weighted by Gasteiger charge is 2.06. The molecule has 0 saturated carbocycles. The first-order valence-corrected chi connectivity index (χ1v) is 5.65. The molecule has 6 heteroatoms. The van der Waals surface area contributed by atoms with Crippen molar-refractivity contribution in [3.05, 3.63) is 12.4 Å². The van der Waals surface area contributed by atoms with Crippen molar-refractivity contribution in [2.24, 2.45) is 0 Å². The molecule has 0 fully saturated rings. The number of amides is 1. The van der Waals surface area contributed by atoms with E-state index in [0.29, 0.717) is 13.0 Å². The van der Waals surface area contributed by atoms with Gasteiger partial charge in [-0.15, -0.1) is 0 Å². The van der Waals surface area contributed by atoms with Gasteiger partial charge in [-0.3, -0.25) is 9.78 Å². The van der Waals surface area contributed by atoms with E-state index < -0.39 is 0 Å². The van der Waals surface area contributed by atoms with Gasteiger partial charge in [-0.25, -0.2) is 4.98 Å². The Hall–Kier alpha value is -1.85. The van der Waals surface area contributed by atoms with E-state index in [9.17, 15) is 4.79 Å². The fourth-order valence-corrected chi connectivity index (χ4v) is 1.31.